The Morgan fingerprint density at radius 3 is 2.27 bits per heavy atom. The van der Waals surface area contributed by atoms with E-state index in [2.05, 4.69) is 5.32 Å². The fourth-order valence-electron chi connectivity index (χ4n) is 2.19. The summed E-state index contributed by atoms with van der Waals surface area (Å²) in [7, 11) is 3.01. The summed E-state index contributed by atoms with van der Waals surface area (Å²) in [5.41, 5.74) is 1.47. The van der Waals surface area contributed by atoms with Crippen LogP contribution in [0.25, 0.3) is 0 Å². The van der Waals surface area contributed by atoms with Crippen molar-refractivity contribution in [3.8, 4) is 11.5 Å². The number of rotatable bonds is 7. The molecule has 2 N–H and O–H groups in total. The molecule has 0 heterocycles. The monoisotopic (exact) mass is 359 g/mol. The molecule has 138 valence electrons. The average Bonchev–Trinajstić information content (AvgIpc) is 2.67. The smallest absolute Gasteiger partial charge is 0.338 e. The molecule has 1 atom stereocenters. The minimum absolute atomic E-state index is 0.112. The number of nitrogens with one attached hydrogen (secondary N) is 1. The van der Waals surface area contributed by atoms with Gasteiger partial charge in [0.25, 0.3) is 5.91 Å². The van der Waals surface area contributed by atoms with Crippen LogP contribution < -0.4 is 14.8 Å². The number of esters is 1. The Bertz CT molecular complexity index is 772. The molecular weight excluding hydrogens is 338 g/mol. The van der Waals surface area contributed by atoms with Crippen LogP contribution in [0.5, 0.6) is 11.5 Å². The number of carbonyl (C=O) groups excluding carboxylic acids is 2. The zero-order chi connectivity index (χ0) is 19.1. The zero-order valence-corrected chi connectivity index (χ0v) is 14.8. The highest BCUT2D eigenvalue weighted by molar-refractivity contribution is 5.97. The summed E-state index contributed by atoms with van der Waals surface area (Å²) in [4.78, 5) is 24.3. The van der Waals surface area contributed by atoms with Gasteiger partial charge in [-0.3, -0.25) is 4.79 Å². The fraction of sp³-hybridized carbons (Fsp3) is 0.263. The first-order valence-electron chi connectivity index (χ1n) is 7.92. The Morgan fingerprint density at radius 1 is 1.04 bits per heavy atom. The number of amides is 1. The maximum absolute atomic E-state index is 12.2. The second kappa shape index (κ2) is 8.87. The van der Waals surface area contributed by atoms with E-state index in [-0.39, 0.29) is 6.61 Å². The van der Waals surface area contributed by atoms with Gasteiger partial charge in [0.05, 0.1) is 26.4 Å². The van der Waals surface area contributed by atoms with Crippen molar-refractivity contribution in [1.29, 1.82) is 0 Å². The quantitative estimate of drug-likeness (QED) is 0.737. The van der Waals surface area contributed by atoms with Crippen molar-refractivity contribution in [2.45, 2.75) is 19.6 Å². The van der Waals surface area contributed by atoms with Gasteiger partial charge < -0.3 is 24.6 Å². The van der Waals surface area contributed by atoms with Crippen molar-refractivity contribution in [3.63, 3.8) is 0 Å². The van der Waals surface area contributed by atoms with Crippen LogP contribution in [0.15, 0.2) is 42.5 Å². The molecule has 0 radical (unpaired) electrons. The SMILES string of the molecule is COc1ccc(NC(=O)[C@@H](C)OC(=O)c2ccc(CO)cc2)cc1OC. The van der Waals surface area contributed by atoms with Crippen LogP contribution in [0, 0.1) is 0 Å². The third kappa shape index (κ3) is 4.73. The number of ether oxygens (including phenoxy) is 3. The van der Waals surface area contributed by atoms with Gasteiger partial charge in [-0.15, -0.1) is 0 Å². The molecule has 0 spiro atoms. The molecule has 1 amide bonds. The lowest BCUT2D eigenvalue weighted by Gasteiger charge is -2.15. The Kier molecular flexibility index (Phi) is 6.57. The van der Waals surface area contributed by atoms with Crippen molar-refractivity contribution in [1.82, 2.24) is 0 Å². The summed E-state index contributed by atoms with van der Waals surface area (Å²) >= 11 is 0. The first kappa shape index (κ1) is 19.3. The topological polar surface area (TPSA) is 94.1 Å². The van der Waals surface area contributed by atoms with Crippen LogP contribution >= 0.6 is 0 Å². The van der Waals surface area contributed by atoms with Gasteiger partial charge >= 0.3 is 5.97 Å². The lowest BCUT2D eigenvalue weighted by atomic mass is 10.1. The number of methoxy groups -OCH3 is 2. The van der Waals surface area contributed by atoms with Gasteiger partial charge in [0.15, 0.2) is 17.6 Å². The van der Waals surface area contributed by atoms with Gasteiger partial charge in [-0.2, -0.15) is 0 Å². The fourth-order valence-corrected chi connectivity index (χ4v) is 2.19. The molecule has 26 heavy (non-hydrogen) atoms. The Morgan fingerprint density at radius 2 is 1.69 bits per heavy atom. The minimum Gasteiger partial charge on any atom is -0.493 e. The predicted molar refractivity (Wildman–Crippen MR) is 95.4 cm³/mol. The summed E-state index contributed by atoms with van der Waals surface area (Å²) in [6, 6.07) is 11.2. The van der Waals surface area contributed by atoms with Crippen LogP contribution in [0.4, 0.5) is 5.69 Å². The molecule has 0 fully saturated rings. The summed E-state index contributed by atoms with van der Waals surface area (Å²) in [5, 5.41) is 11.7. The van der Waals surface area contributed by atoms with E-state index >= 15 is 0 Å². The second-order valence-corrected chi connectivity index (χ2v) is 5.46. The predicted octanol–water partition coefficient (Wildman–Crippen LogP) is 2.38. The number of hydrogen-bond donors (Lipinski definition) is 2. The molecular formula is C19H21NO6. The van der Waals surface area contributed by atoms with Gasteiger partial charge in [0, 0.05) is 11.8 Å². The van der Waals surface area contributed by atoms with Crippen molar-refractivity contribution < 1.29 is 28.9 Å². The average molecular weight is 359 g/mol. The Labute approximate surface area is 151 Å². The molecule has 0 saturated carbocycles. The number of aliphatic hydroxyl groups excluding tert-OH is 1. The van der Waals surface area contributed by atoms with Gasteiger partial charge in [-0.05, 0) is 36.8 Å². The van der Waals surface area contributed by atoms with Crippen molar-refractivity contribution in [2.75, 3.05) is 19.5 Å². The van der Waals surface area contributed by atoms with Gasteiger partial charge in [-0.1, -0.05) is 12.1 Å². The minimum atomic E-state index is -0.992. The second-order valence-electron chi connectivity index (χ2n) is 5.46. The molecule has 0 bridgehead atoms. The molecule has 0 aliphatic heterocycles. The van der Waals surface area contributed by atoms with E-state index in [0.717, 1.165) is 0 Å². The first-order chi connectivity index (χ1) is 12.5. The molecule has 0 aliphatic rings. The van der Waals surface area contributed by atoms with Gasteiger partial charge in [0.1, 0.15) is 0 Å². The largest absolute Gasteiger partial charge is 0.493 e. The summed E-state index contributed by atoms with van der Waals surface area (Å²) in [6.45, 7) is 1.37. The van der Waals surface area contributed by atoms with Crippen LogP contribution in [-0.4, -0.2) is 37.3 Å². The van der Waals surface area contributed by atoms with Gasteiger partial charge in [-0.25, -0.2) is 4.79 Å². The number of carbonyl (C=O) groups is 2. The highest BCUT2D eigenvalue weighted by atomic mass is 16.5. The van der Waals surface area contributed by atoms with Crippen LogP contribution in [0.1, 0.15) is 22.8 Å². The summed E-state index contributed by atoms with van der Waals surface area (Å²) in [5.74, 6) is -0.0859. The van der Waals surface area contributed by atoms with E-state index in [9.17, 15) is 9.59 Å². The Balaban J connectivity index is 1.99. The number of anilines is 1. The maximum atomic E-state index is 12.2. The highest BCUT2D eigenvalue weighted by Gasteiger charge is 2.19. The van der Waals surface area contributed by atoms with Gasteiger partial charge in [0.2, 0.25) is 0 Å². The molecule has 0 saturated heterocycles. The Hall–Kier alpha value is -3.06. The number of benzene rings is 2. The highest BCUT2D eigenvalue weighted by Crippen LogP contribution is 2.29. The molecule has 2 rings (SSSR count). The third-order valence-corrected chi connectivity index (χ3v) is 3.68. The lowest BCUT2D eigenvalue weighted by Crippen LogP contribution is -2.30. The van der Waals surface area contributed by atoms with Crippen LogP contribution in [0.3, 0.4) is 0 Å². The van der Waals surface area contributed by atoms with E-state index in [1.807, 2.05) is 0 Å². The van der Waals surface area contributed by atoms with E-state index in [1.54, 1.807) is 30.3 Å². The molecule has 2 aromatic rings. The van der Waals surface area contributed by atoms with E-state index in [1.165, 1.54) is 33.3 Å². The zero-order valence-electron chi connectivity index (χ0n) is 14.8. The standard InChI is InChI=1S/C19H21NO6/c1-12(26-19(23)14-6-4-13(11-21)5-7-14)18(22)20-15-8-9-16(24-2)17(10-15)25-3/h4-10,12,21H,11H2,1-3H3,(H,20,22)/t12-/m1/s1. The van der Waals surface area contributed by atoms with Crippen LogP contribution in [-0.2, 0) is 16.1 Å². The van der Waals surface area contributed by atoms with E-state index in [4.69, 9.17) is 19.3 Å². The van der Waals surface area contributed by atoms with Crippen LogP contribution in [0.2, 0.25) is 0 Å². The molecule has 0 aliphatic carbocycles. The van der Waals surface area contributed by atoms with E-state index < -0.39 is 18.0 Å². The van der Waals surface area contributed by atoms with Crippen molar-refractivity contribution in [3.05, 3.63) is 53.6 Å². The number of hydrogen-bond acceptors (Lipinski definition) is 6. The maximum Gasteiger partial charge on any atom is 0.338 e. The molecule has 0 aromatic heterocycles. The molecule has 7 nitrogen and oxygen atoms in total. The van der Waals surface area contributed by atoms with E-state index in [0.29, 0.717) is 28.3 Å². The third-order valence-electron chi connectivity index (χ3n) is 3.68. The summed E-state index contributed by atoms with van der Waals surface area (Å²) < 4.78 is 15.5. The van der Waals surface area contributed by atoms with Crippen molar-refractivity contribution in [2.24, 2.45) is 0 Å². The molecule has 0 unspecified atom stereocenters. The summed E-state index contributed by atoms with van der Waals surface area (Å²) in [6.07, 6.45) is -0.992. The molecule has 2 aromatic carbocycles. The van der Waals surface area contributed by atoms with Crippen molar-refractivity contribution >= 4 is 17.6 Å². The lowest BCUT2D eigenvalue weighted by molar-refractivity contribution is -0.123. The normalized spacial score (nSPS) is 11.4. The molecule has 7 heteroatoms. The number of aliphatic hydroxyl groups is 1. The first-order valence-corrected chi connectivity index (χ1v) is 7.92.